The van der Waals surface area contributed by atoms with Crippen LogP contribution in [0.2, 0.25) is 0 Å². The fourth-order valence-corrected chi connectivity index (χ4v) is 2.81. The molecule has 1 aliphatic rings. The molecule has 6 nitrogen and oxygen atoms in total. The summed E-state index contributed by atoms with van der Waals surface area (Å²) in [6.45, 7) is 1.32. The van der Waals surface area contributed by atoms with Gasteiger partial charge in [-0.1, -0.05) is 11.2 Å². The van der Waals surface area contributed by atoms with E-state index in [-0.39, 0.29) is 11.7 Å². The van der Waals surface area contributed by atoms with Crippen LogP contribution in [0.4, 0.5) is 0 Å². The fraction of sp³-hybridized carbons (Fsp3) is 0.500. The molecule has 4 N–H and O–H groups in total. The normalized spacial score (nSPS) is 19.1. The van der Waals surface area contributed by atoms with Crippen LogP contribution >= 0.6 is 11.3 Å². The molecule has 1 fully saturated rings. The molecule has 104 valence electrons. The third kappa shape index (κ3) is 2.87. The topological polar surface area (TPSA) is 96.9 Å². The largest absolute Gasteiger partial charge is 0.409 e. The van der Waals surface area contributed by atoms with E-state index in [0.29, 0.717) is 32.6 Å². The van der Waals surface area contributed by atoms with Crippen molar-refractivity contribution in [2.75, 3.05) is 13.2 Å². The highest BCUT2D eigenvalue weighted by Gasteiger charge is 2.44. The van der Waals surface area contributed by atoms with Gasteiger partial charge in [-0.05, 0) is 24.3 Å². The van der Waals surface area contributed by atoms with Crippen LogP contribution < -0.4 is 11.1 Å². The Morgan fingerprint density at radius 1 is 1.58 bits per heavy atom. The number of nitrogens with two attached hydrogens (primary N) is 1. The van der Waals surface area contributed by atoms with Gasteiger partial charge in [-0.3, -0.25) is 4.79 Å². The Balaban J connectivity index is 2.07. The predicted octanol–water partition coefficient (Wildman–Crippen LogP) is 0.907. The van der Waals surface area contributed by atoms with Gasteiger partial charge in [-0.25, -0.2) is 0 Å². The van der Waals surface area contributed by atoms with Gasteiger partial charge in [-0.2, -0.15) is 0 Å². The molecule has 1 amide bonds. The first-order valence-corrected chi connectivity index (χ1v) is 6.93. The number of hydrogen-bond acceptors (Lipinski definition) is 5. The standard InChI is InChI=1S/C12H17N3O3S/c13-10(15-17)12(3-5-18-6-4-12)11(16)14-8-9-2-1-7-19-9/h1-2,7,17H,3-6,8H2,(H2,13,15)(H,14,16). The molecule has 0 aliphatic carbocycles. The molecule has 7 heteroatoms. The molecule has 0 saturated carbocycles. The van der Waals surface area contributed by atoms with Gasteiger partial charge in [-0.15, -0.1) is 11.3 Å². The minimum atomic E-state index is -0.954. The molecule has 1 aromatic heterocycles. The van der Waals surface area contributed by atoms with Gasteiger partial charge >= 0.3 is 0 Å². The molecule has 1 aromatic rings. The lowest BCUT2D eigenvalue weighted by atomic mass is 9.78. The number of nitrogens with zero attached hydrogens (tertiary/aromatic N) is 1. The summed E-state index contributed by atoms with van der Waals surface area (Å²) in [6, 6.07) is 3.88. The first-order chi connectivity index (χ1) is 9.19. The van der Waals surface area contributed by atoms with Crippen LogP contribution in [0.15, 0.2) is 22.7 Å². The van der Waals surface area contributed by atoms with Gasteiger partial charge in [0.1, 0.15) is 5.41 Å². The van der Waals surface area contributed by atoms with Gasteiger partial charge in [0.15, 0.2) is 5.84 Å². The third-order valence-electron chi connectivity index (χ3n) is 3.38. The van der Waals surface area contributed by atoms with Crippen molar-refractivity contribution in [3.8, 4) is 0 Å². The Labute approximate surface area is 115 Å². The number of carbonyl (C=O) groups excluding carboxylic acids is 1. The maximum Gasteiger partial charge on any atom is 0.234 e. The SMILES string of the molecule is NC(=NO)C1(C(=O)NCc2cccs2)CCOCC1. The zero-order valence-corrected chi connectivity index (χ0v) is 11.3. The first-order valence-electron chi connectivity index (χ1n) is 6.05. The van der Waals surface area contributed by atoms with Crippen LogP contribution in [0.3, 0.4) is 0 Å². The van der Waals surface area contributed by atoms with Crippen molar-refractivity contribution < 1.29 is 14.7 Å². The van der Waals surface area contributed by atoms with Gasteiger partial charge < -0.3 is 21.0 Å². The van der Waals surface area contributed by atoms with Crippen LogP contribution in [-0.4, -0.2) is 30.2 Å². The summed E-state index contributed by atoms with van der Waals surface area (Å²) < 4.78 is 5.25. The van der Waals surface area contributed by atoms with Gasteiger partial charge in [0.25, 0.3) is 0 Å². The molecule has 1 aliphatic heterocycles. The first kappa shape index (κ1) is 13.8. The number of nitrogens with one attached hydrogen (secondary N) is 1. The molecule has 2 heterocycles. The lowest BCUT2D eigenvalue weighted by Gasteiger charge is -2.34. The highest BCUT2D eigenvalue weighted by Crippen LogP contribution is 2.31. The molecular weight excluding hydrogens is 266 g/mol. The van der Waals surface area contributed by atoms with Gasteiger partial charge in [0, 0.05) is 18.1 Å². The summed E-state index contributed by atoms with van der Waals surface area (Å²) in [5.41, 5.74) is 4.76. The average molecular weight is 283 g/mol. The van der Waals surface area contributed by atoms with Gasteiger partial charge in [0.05, 0.1) is 6.54 Å². The molecule has 0 bridgehead atoms. The molecular formula is C12H17N3O3S. The zero-order chi connectivity index (χ0) is 13.7. The fourth-order valence-electron chi connectivity index (χ4n) is 2.16. The van der Waals surface area contributed by atoms with Crippen molar-refractivity contribution in [1.29, 1.82) is 0 Å². The van der Waals surface area contributed by atoms with Crippen molar-refractivity contribution in [2.24, 2.45) is 16.3 Å². The van der Waals surface area contributed by atoms with Crippen molar-refractivity contribution >= 4 is 23.1 Å². The summed E-state index contributed by atoms with van der Waals surface area (Å²) in [5, 5.41) is 16.7. The molecule has 0 radical (unpaired) electrons. The number of amides is 1. The maximum atomic E-state index is 12.4. The lowest BCUT2D eigenvalue weighted by Crippen LogP contribution is -2.52. The van der Waals surface area contributed by atoms with E-state index in [1.807, 2.05) is 17.5 Å². The maximum absolute atomic E-state index is 12.4. The highest BCUT2D eigenvalue weighted by atomic mass is 32.1. The minimum Gasteiger partial charge on any atom is -0.409 e. The van der Waals surface area contributed by atoms with E-state index in [1.54, 1.807) is 11.3 Å². The second kappa shape index (κ2) is 6.03. The van der Waals surface area contributed by atoms with E-state index < -0.39 is 5.41 Å². The molecule has 0 atom stereocenters. The molecule has 19 heavy (non-hydrogen) atoms. The molecule has 1 saturated heterocycles. The number of oxime groups is 1. The minimum absolute atomic E-state index is 0.0421. The Morgan fingerprint density at radius 3 is 2.89 bits per heavy atom. The molecule has 0 spiro atoms. The molecule has 0 aromatic carbocycles. The van der Waals surface area contributed by atoms with Gasteiger partial charge in [0.2, 0.25) is 5.91 Å². The smallest absolute Gasteiger partial charge is 0.234 e. The van der Waals surface area contributed by atoms with Crippen LogP contribution in [0.1, 0.15) is 17.7 Å². The van der Waals surface area contributed by atoms with E-state index in [1.165, 1.54) is 0 Å². The number of carbonyl (C=O) groups is 1. The number of amidine groups is 1. The lowest BCUT2D eigenvalue weighted by molar-refractivity contribution is -0.131. The van der Waals surface area contributed by atoms with E-state index in [0.717, 1.165) is 4.88 Å². The number of thiophene rings is 1. The van der Waals surface area contributed by atoms with E-state index in [4.69, 9.17) is 15.7 Å². The van der Waals surface area contributed by atoms with Crippen molar-refractivity contribution in [3.63, 3.8) is 0 Å². The van der Waals surface area contributed by atoms with E-state index in [2.05, 4.69) is 10.5 Å². The summed E-state index contributed by atoms with van der Waals surface area (Å²) in [5.74, 6) is -0.251. The summed E-state index contributed by atoms with van der Waals surface area (Å²) in [4.78, 5) is 13.4. The number of hydrogen-bond donors (Lipinski definition) is 3. The Morgan fingerprint density at radius 2 is 2.32 bits per heavy atom. The molecule has 0 unspecified atom stereocenters. The van der Waals surface area contributed by atoms with Crippen molar-refractivity contribution in [3.05, 3.63) is 22.4 Å². The van der Waals surface area contributed by atoms with E-state index >= 15 is 0 Å². The Bertz CT molecular complexity index is 453. The second-order valence-corrected chi connectivity index (χ2v) is 5.47. The molecule has 2 rings (SSSR count). The van der Waals surface area contributed by atoms with E-state index in [9.17, 15) is 4.79 Å². The van der Waals surface area contributed by atoms with Crippen molar-refractivity contribution in [1.82, 2.24) is 5.32 Å². The summed E-state index contributed by atoms with van der Waals surface area (Å²) in [7, 11) is 0. The second-order valence-electron chi connectivity index (χ2n) is 4.44. The highest BCUT2D eigenvalue weighted by molar-refractivity contribution is 7.09. The average Bonchev–Trinajstić information content (AvgIpc) is 2.97. The zero-order valence-electron chi connectivity index (χ0n) is 10.5. The van der Waals surface area contributed by atoms with Crippen LogP contribution in [0.25, 0.3) is 0 Å². The summed E-state index contributed by atoms with van der Waals surface area (Å²) >= 11 is 1.57. The quantitative estimate of drug-likeness (QED) is 0.331. The number of rotatable bonds is 4. The Kier molecular flexibility index (Phi) is 4.39. The number of ether oxygens (including phenoxy) is 1. The monoisotopic (exact) mass is 283 g/mol. The van der Waals surface area contributed by atoms with Crippen LogP contribution in [0, 0.1) is 5.41 Å². The van der Waals surface area contributed by atoms with Crippen LogP contribution in [-0.2, 0) is 16.1 Å². The van der Waals surface area contributed by atoms with Crippen molar-refractivity contribution in [2.45, 2.75) is 19.4 Å². The van der Waals surface area contributed by atoms with Crippen LogP contribution in [0.5, 0.6) is 0 Å². The Hall–Kier alpha value is -1.60. The third-order valence-corrected chi connectivity index (χ3v) is 4.26. The predicted molar refractivity (Wildman–Crippen MR) is 72.1 cm³/mol. The summed E-state index contributed by atoms with van der Waals surface area (Å²) in [6.07, 6.45) is 0.859.